The van der Waals surface area contributed by atoms with Crippen LogP contribution in [-0.4, -0.2) is 36.3 Å². The largest absolute Gasteiger partial charge is 0.383 e. The Bertz CT molecular complexity index is 662. The number of thioether (sulfide) groups is 1. The number of hydrogen-bond donors (Lipinski definition) is 0. The SMILES string of the molecule is COCC1CC(CSCc2ccccc2)C(=O)N1Cc1ccccc1. The standard InChI is InChI=1S/C21H25NO2S/c1-24-14-20-12-19(16-25-15-18-10-6-3-7-11-18)21(23)22(20)13-17-8-4-2-5-9-17/h2-11,19-20H,12-16H2,1H3. The summed E-state index contributed by atoms with van der Waals surface area (Å²) in [6.45, 7) is 1.28. The van der Waals surface area contributed by atoms with E-state index in [1.807, 2.05) is 40.9 Å². The molecule has 1 aliphatic rings. The zero-order chi connectivity index (χ0) is 17.5. The number of nitrogens with zero attached hydrogens (tertiary/aromatic N) is 1. The van der Waals surface area contributed by atoms with Crippen LogP contribution in [0.5, 0.6) is 0 Å². The predicted molar refractivity (Wildman–Crippen MR) is 103 cm³/mol. The Morgan fingerprint density at radius 3 is 2.32 bits per heavy atom. The minimum Gasteiger partial charge on any atom is -0.383 e. The van der Waals surface area contributed by atoms with Crippen LogP contribution >= 0.6 is 11.8 Å². The second-order valence-corrected chi connectivity index (χ2v) is 7.52. The molecule has 0 saturated carbocycles. The molecule has 1 amide bonds. The predicted octanol–water partition coefficient (Wildman–Crippen LogP) is 3.98. The van der Waals surface area contributed by atoms with E-state index < -0.39 is 0 Å². The van der Waals surface area contributed by atoms with Crippen molar-refractivity contribution in [3.05, 3.63) is 71.8 Å². The number of likely N-dealkylation sites (tertiary alicyclic amines) is 1. The van der Waals surface area contributed by atoms with Crippen molar-refractivity contribution in [1.82, 2.24) is 4.90 Å². The molecule has 0 radical (unpaired) electrons. The molecule has 2 unspecified atom stereocenters. The fraction of sp³-hybridized carbons (Fsp3) is 0.381. The average molecular weight is 356 g/mol. The monoisotopic (exact) mass is 355 g/mol. The molecule has 132 valence electrons. The second kappa shape index (κ2) is 9.07. The van der Waals surface area contributed by atoms with Gasteiger partial charge in [0.25, 0.3) is 0 Å². The van der Waals surface area contributed by atoms with E-state index in [4.69, 9.17) is 4.74 Å². The molecule has 3 nitrogen and oxygen atoms in total. The highest BCUT2D eigenvalue weighted by molar-refractivity contribution is 7.98. The van der Waals surface area contributed by atoms with Gasteiger partial charge in [0.15, 0.2) is 0 Å². The minimum absolute atomic E-state index is 0.0950. The normalized spacial score (nSPS) is 20.2. The Kier molecular flexibility index (Phi) is 6.54. The Morgan fingerprint density at radius 1 is 1.04 bits per heavy atom. The van der Waals surface area contributed by atoms with Crippen molar-refractivity contribution in [1.29, 1.82) is 0 Å². The molecule has 1 aliphatic heterocycles. The van der Waals surface area contributed by atoms with Gasteiger partial charge < -0.3 is 9.64 Å². The van der Waals surface area contributed by atoms with E-state index >= 15 is 0 Å². The molecule has 2 aromatic rings. The molecule has 0 aliphatic carbocycles. The Labute approximate surface area is 154 Å². The molecule has 1 heterocycles. The zero-order valence-electron chi connectivity index (χ0n) is 14.6. The number of amides is 1. The van der Waals surface area contributed by atoms with Gasteiger partial charge in [-0.15, -0.1) is 0 Å². The van der Waals surface area contributed by atoms with Crippen LogP contribution in [0.4, 0.5) is 0 Å². The van der Waals surface area contributed by atoms with Crippen LogP contribution in [0.3, 0.4) is 0 Å². The van der Waals surface area contributed by atoms with E-state index in [0.29, 0.717) is 13.2 Å². The first-order chi connectivity index (χ1) is 12.3. The van der Waals surface area contributed by atoms with Gasteiger partial charge in [-0.1, -0.05) is 60.7 Å². The van der Waals surface area contributed by atoms with Gasteiger partial charge in [-0.05, 0) is 17.5 Å². The maximum absolute atomic E-state index is 12.9. The van der Waals surface area contributed by atoms with Crippen LogP contribution in [0, 0.1) is 5.92 Å². The quantitative estimate of drug-likeness (QED) is 0.717. The fourth-order valence-corrected chi connectivity index (χ4v) is 4.45. The molecule has 2 atom stereocenters. The average Bonchev–Trinajstić information content (AvgIpc) is 2.93. The van der Waals surface area contributed by atoms with Crippen molar-refractivity contribution in [3.63, 3.8) is 0 Å². The van der Waals surface area contributed by atoms with Gasteiger partial charge in [-0.25, -0.2) is 0 Å². The Balaban J connectivity index is 1.58. The maximum atomic E-state index is 12.9. The molecule has 0 N–H and O–H groups in total. The first-order valence-electron chi connectivity index (χ1n) is 8.73. The number of hydrogen-bond acceptors (Lipinski definition) is 3. The van der Waals surface area contributed by atoms with Gasteiger partial charge in [-0.3, -0.25) is 4.79 Å². The lowest BCUT2D eigenvalue weighted by molar-refractivity contribution is -0.132. The lowest BCUT2D eigenvalue weighted by atomic mass is 10.1. The third-order valence-corrected chi connectivity index (χ3v) is 5.79. The third-order valence-electron chi connectivity index (χ3n) is 4.62. The molecule has 0 spiro atoms. The topological polar surface area (TPSA) is 29.5 Å². The van der Waals surface area contributed by atoms with E-state index in [2.05, 4.69) is 36.4 Å². The van der Waals surface area contributed by atoms with Crippen LogP contribution in [0.1, 0.15) is 17.5 Å². The zero-order valence-corrected chi connectivity index (χ0v) is 15.5. The summed E-state index contributed by atoms with van der Waals surface area (Å²) < 4.78 is 5.36. The number of methoxy groups -OCH3 is 1. The van der Waals surface area contributed by atoms with Gasteiger partial charge >= 0.3 is 0 Å². The van der Waals surface area contributed by atoms with Crippen molar-refractivity contribution < 1.29 is 9.53 Å². The van der Waals surface area contributed by atoms with Crippen LogP contribution in [-0.2, 0) is 21.8 Å². The number of carbonyl (C=O) groups is 1. The smallest absolute Gasteiger partial charge is 0.227 e. The van der Waals surface area contributed by atoms with Crippen molar-refractivity contribution in [2.75, 3.05) is 19.5 Å². The molecule has 0 aromatic heterocycles. The molecule has 4 heteroatoms. The highest BCUT2D eigenvalue weighted by Crippen LogP contribution is 2.30. The summed E-state index contributed by atoms with van der Waals surface area (Å²) in [5, 5.41) is 0. The van der Waals surface area contributed by atoms with Crippen molar-refractivity contribution in [2.24, 2.45) is 5.92 Å². The first-order valence-corrected chi connectivity index (χ1v) is 9.88. The first kappa shape index (κ1) is 18.0. The van der Waals surface area contributed by atoms with E-state index in [0.717, 1.165) is 17.9 Å². The maximum Gasteiger partial charge on any atom is 0.227 e. The summed E-state index contributed by atoms with van der Waals surface area (Å²) in [5.41, 5.74) is 2.49. The van der Waals surface area contributed by atoms with Crippen LogP contribution < -0.4 is 0 Å². The fourth-order valence-electron chi connectivity index (χ4n) is 3.34. The van der Waals surface area contributed by atoms with E-state index in [1.54, 1.807) is 7.11 Å². The molecule has 2 aromatic carbocycles. The number of rotatable bonds is 8. The molecule has 1 fully saturated rings. The number of ether oxygens (including phenoxy) is 1. The van der Waals surface area contributed by atoms with Crippen molar-refractivity contribution in [3.8, 4) is 0 Å². The van der Waals surface area contributed by atoms with Crippen LogP contribution in [0.2, 0.25) is 0 Å². The van der Waals surface area contributed by atoms with Crippen molar-refractivity contribution >= 4 is 17.7 Å². The molecule has 1 saturated heterocycles. The molecule has 3 rings (SSSR count). The summed E-state index contributed by atoms with van der Waals surface area (Å²) in [6.07, 6.45) is 0.890. The van der Waals surface area contributed by atoms with E-state index in [-0.39, 0.29) is 17.9 Å². The number of benzene rings is 2. The lowest BCUT2D eigenvalue weighted by Crippen LogP contribution is -2.36. The highest BCUT2D eigenvalue weighted by Gasteiger charge is 2.38. The highest BCUT2D eigenvalue weighted by atomic mass is 32.2. The molecule has 0 bridgehead atoms. The summed E-state index contributed by atoms with van der Waals surface area (Å²) in [5.74, 6) is 2.20. The van der Waals surface area contributed by atoms with Crippen LogP contribution in [0.15, 0.2) is 60.7 Å². The number of carbonyl (C=O) groups excluding carboxylic acids is 1. The molecular formula is C21H25NO2S. The summed E-state index contributed by atoms with van der Waals surface area (Å²) in [6, 6.07) is 20.8. The van der Waals surface area contributed by atoms with Gasteiger partial charge in [0.1, 0.15) is 0 Å². The third kappa shape index (κ3) is 4.86. The van der Waals surface area contributed by atoms with Gasteiger partial charge in [0.05, 0.1) is 12.6 Å². The van der Waals surface area contributed by atoms with Gasteiger partial charge in [-0.2, -0.15) is 11.8 Å². The molecule has 25 heavy (non-hydrogen) atoms. The minimum atomic E-state index is 0.0950. The Hall–Kier alpha value is -1.78. The summed E-state index contributed by atoms with van der Waals surface area (Å²) >= 11 is 1.85. The van der Waals surface area contributed by atoms with E-state index in [9.17, 15) is 4.79 Å². The van der Waals surface area contributed by atoms with Crippen molar-refractivity contribution in [2.45, 2.75) is 24.8 Å². The summed E-state index contributed by atoms with van der Waals surface area (Å²) in [7, 11) is 1.71. The summed E-state index contributed by atoms with van der Waals surface area (Å²) in [4.78, 5) is 14.9. The van der Waals surface area contributed by atoms with Crippen LogP contribution in [0.25, 0.3) is 0 Å². The molecular weight excluding hydrogens is 330 g/mol. The van der Waals surface area contributed by atoms with Gasteiger partial charge in [0.2, 0.25) is 5.91 Å². The second-order valence-electron chi connectivity index (χ2n) is 6.49. The Morgan fingerprint density at radius 2 is 1.68 bits per heavy atom. The van der Waals surface area contributed by atoms with Gasteiger partial charge in [0, 0.05) is 31.1 Å². The lowest BCUT2D eigenvalue weighted by Gasteiger charge is -2.24. The van der Waals surface area contributed by atoms with E-state index in [1.165, 1.54) is 11.1 Å².